The van der Waals surface area contributed by atoms with Gasteiger partial charge in [-0.25, -0.2) is 13.4 Å². The van der Waals surface area contributed by atoms with E-state index in [1.165, 1.54) is 30.9 Å². The van der Waals surface area contributed by atoms with Crippen molar-refractivity contribution in [1.29, 1.82) is 0 Å². The molecule has 0 aliphatic heterocycles. The number of unbranched alkanes of at least 4 members (excludes halogenated alkanes) is 1. The number of sulfone groups is 1. The number of hydrogen-bond acceptors (Lipinski definition) is 8. The van der Waals surface area contributed by atoms with Gasteiger partial charge in [0.05, 0.1) is 24.7 Å². The maximum absolute atomic E-state index is 13.8. The van der Waals surface area contributed by atoms with Crippen LogP contribution in [0.5, 0.6) is 11.8 Å². The van der Waals surface area contributed by atoms with Crippen molar-refractivity contribution in [2.75, 3.05) is 20.8 Å². The summed E-state index contributed by atoms with van der Waals surface area (Å²) >= 11 is 0. The molecule has 2 aromatic heterocycles. The predicted octanol–water partition coefficient (Wildman–Crippen LogP) is 4.74. The molecule has 10 heteroatoms. The predicted molar refractivity (Wildman–Crippen MR) is 152 cm³/mol. The number of rotatable bonds is 11. The second kappa shape index (κ2) is 12.4. The molecule has 0 aliphatic carbocycles. The molecule has 4 rings (SSSR count). The lowest BCUT2D eigenvalue weighted by Crippen LogP contribution is -2.29. The minimum Gasteiger partial charge on any atom is -0.493 e. The molecular formula is C30H33N3O6S. The van der Waals surface area contributed by atoms with Crippen LogP contribution in [0.4, 0.5) is 0 Å². The molecule has 0 amide bonds. The Morgan fingerprint density at radius 3 is 2.27 bits per heavy atom. The van der Waals surface area contributed by atoms with Gasteiger partial charge in [-0.15, -0.1) is 0 Å². The van der Waals surface area contributed by atoms with Crippen LogP contribution in [0.1, 0.15) is 42.9 Å². The summed E-state index contributed by atoms with van der Waals surface area (Å²) in [5.74, 6) is 0.118. The molecule has 1 unspecified atom stereocenters. The number of aryl methyl sites for hydroxylation is 2. The van der Waals surface area contributed by atoms with Crippen LogP contribution in [0.15, 0.2) is 81.3 Å². The highest BCUT2D eigenvalue weighted by molar-refractivity contribution is 7.91. The zero-order valence-electron chi connectivity index (χ0n) is 23.0. The molecule has 40 heavy (non-hydrogen) atoms. The van der Waals surface area contributed by atoms with Crippen molar-refractivity contribution in [3.05, 3.63) is 94.2 Å². The van der Waals surface area contributed by atoms with Crippen LogP contribution in [0, 0.1) is 6.92 Å². The summed E-state index contributed by atoms with van der Waals surface area (Å²) in [6, 6.07) is 18.3. The number of nitrogens with zero attached hydrogens (tertiary/aromatic N) is 3. The van der Waals surface area contributed by atoms with E-state index in [2.05, 4.69) is 9.97 Å². The highest BCUT2D eigenvalue weighted by Gasteiger charge is 2.32. The molecule has 0 saturated heterocycles. The van der Waals surface area contributed by atoms with Gasteiger partial charge < -0.3 is 14.6 Å². The quantitative estimate of drug-likeness (QED) is 0.278. The van der Waals surface area contributed by atoms with Gasteiger partial charge in [-0.3, -0.25) is 9.36 Å². The largest absolute Gasteiger partial charge is 0.493 e. The van der Waals surface area contributed by atoms with Crippen LogP contribution in [0.25, 0.3) is 11.1 Å². The van der Waals surface area contributed by atoms with Gasteiger partial charge in [0.15, 0.2) is 4.90 Å². The maximum atomic E-state index is 13.8. The highest BCUT2D eigenvalue weighted by atomic mass is 32.2. The van der Waals surface area contributed by atoms with Crippen molar-refractivity contribution >= 4 is 9.84 Å². The fourth-order valence-electron chi connectivity index (χ4n) is 4.66. The third kappa shape index (κ3) is 5.78. The number of aromatic nitrogens is 3. The van der Waals surface area contributed by atoms with E-state index in [-0.39, 0.29) is 11.5 Å². The minimum absolute atomic E-state index is 0.130. The minimum atomic E-state index is -4.43. The molecular weight excluding hydrogens is 530 g/mol. The average molecular weight is 564 g/mol. The smallest absolute Gasteiger partial charge is 0.296 e. The summed E-state index contributed by atoms with van der Waals surface area (Å²) in [5.41, 5.74) is 2.04. The van der Waals surface area contributed by atoms with Crippen molar-refractivity contribution in [3.8, 4) is 22.9 Å². The molecule has 1 atom stereocenters. The van der Waals surface area contributed by atoms with E-state index in [1.807, 2.05) is 50.2 Å². The van der Waals surface area contributed by atoms with Crippen molar-refractivity contribution in [3.63, 3.8) is 0 Å². The zero-order chi connectivity index (χ0) is 28.9. The van der Waals surface area contributed by atoms with Gasteiger partial charge in [-0.1, -0.05) is 55.8 Å². The summed E-state index contributed by atoms with van der Waals surface area (Å²) in [6.07, 6.45) is 1.91. The number of benzene rings is 2. The molecule has 1 N–H and O–H groups in total. The van der Waals surface area contributed by atoms with Gasteiger partial charge in [0.25, 0.3) is 5.56 Å². The Kier molecular flexibility index (Phi) is 9.01. The standard InChI is InChI=1S/C30H33N3O6S/c1-5-6-12-26-32-29(34)28(30(35)33(26)25(19-38-3)22-10-8-7-9-11-22)40(36,37)23-15-13-21(14-16-23)24-17-18-27(39-4)31-20(24)2/h7-11,13-18,25,35H,5-6,12,19H2,1-4H3. The Balaban J connectivity index is 1.84. The molecule has 0 aliphatic rings. The first-order chi connectivity index (χ1) is 19.2. The zero-order valence-corrected chi connectivity index (χ0v) is 23.8. The van der Waals surface area contributed by atoms with Gasteiger partial charge in [0, 0.05) is 30.9 Å². The van der Waals surface area contributed by atoms with E-state index in [0.717, 1.165) is 23.1 Å². The van der Waals surface area contributed by atoms with Crippen LogP contribution in [-0.2, 0) is 21.0 Å². The van der Waals surface area contributed by atoms with Gasteiger partial charge in [0.1, 0.15) is 5.82 Å². The van der Waals surface area contributed by atoms with Crippen molar-refractivity contribution in [2.24, 2.45) is 0 Å². The molecule has 9 nitrogen and oxygen atoms in total. The van der Waals surface area contributed by atoms with Crippen LogP contribution in [0.3, 0.4) is 0 Å². The topological polar surface area (TPSA) is 121 Å². The van der Waals surface area contributed by atoms with Gasteiger partial charge in [0.2, 0.25) is 21.6 Å². The second-order valence-electron chi connectivity index (χ2n) is 9.36. The number of aromatic hydroxyl groups is 1. The Morgan fingerprint density at radius 1 is 0.975 bits per heavy atom. The van der Waals surface area contributed by atoms with E-state index in [0.29, 0.717) is 30.2 Å². The lowest BCUT2D eigenvalue weighted by Gasteiger charge is -2.25. The summed E-state index contributed by atoms with van der Waals surface area (Å²) in [4.78, 5) is 20.8. The summed E-state index contributed by atoms with van der Waals surface area (Å²) in [5, 5.41) is 11.5. The van der Waals surface area contributed by atoms with Crippen molar-refractivity contribution in [2.45, 2.75) is 48.9 Å². The van der Waals surface area contributed by atoms with Crippen molar-refractivity contribution in [1.82, 2.24) is 14.5 Å². The molecule has 0 fully saturated rings. The third-order valence-corrected chi connectivity index (χ3v) is 8.51. The van der Waals surface area contributed by atoms with Gasteiger partial charge >= 0.3 is 0 Å². The monoisotopic (exact) mass is 563 g/mol. The Bertz CT molecular complexity index is 1640. The van der Waals surface area contributed by atoms with Gasteiger partial charge in [-0.2, -0.15) is 4.98 Å². The van der Waals surface area contributed by atoms with Crippen LogP contribution in [-0.4, -0.2) is 48.9 Å². The second-order valence-corrected chi connectivity index (χ2v) is 11.2. The van der Waals surface area contributed by atoms with E-state index in [9.17, 15) is 18.3 Å². The highest BCUT2D eigenvalue weighted by Crippen LogP contribution is 2.33. The van der Waals surface area contributed by atoms with Crippen molar-refractivity contribution < 1.29 is 23.0 Å². The normalized spacial score (nSPS) is 12.3. The molecule has 0 radical (unpaired) electrons. The SMILES string of the molecule is CCCCc1nc(=O)c(S(=O)(=O)c2ccc(-c3ccc(OC)nc3C)cc2)c(O)n1C(COC)c1ccccc1. The first kappa shape index (κ1) is 29.0. The maximum Gasteiger partial charge on any atom is 0.296 e. The molecule has 2 heterocycles. The molecule has 0 bridgehead atoms. The van der Waals surface area contributed by atoms with E-state index in [4.69, 9.17) is 9.47 Å². The van der Waals surface area contributed by atoms with E-state index < -0.39 is 32.2 Å². The number of hydrogen-bond donors (Lipinski definition) is 1. The lowest BCUT2D eigenvalue weighted by atomic mass is 10.0. The fraction of sp³-hybridized carbons (Fsp3) is 0.300. The molecule has 4 aromatic rings. The van der Waals surface area contributed by atoms with Gasteiger partial charge in [-0.05, 0) is 42.7 Å². The third-order valence-electron chi connectivity index (χ3n) is 6.72. The van der Waals surface area contributed by atoms with Crippen LogP contribution < -0.4 is 10.3 Å². The first-order valence-electron chi connectivity index (χ1n) is 13.0. The first-order valence-corrected chi connectivity index (χ1v) is 14.5. The number of methoxy groups -OCH3 is 2. The number of ether oxygens (including phenoxy) is 2. The van der Waals surface area contributed by atoms with Crippen LogP contribution in [0.2, 0.25) is 0 Å². The lowest BCUT2D eigenvalue weighted by molar-refractivity contribution is 0.161. The molecule has 2 aromatic carbocycles. The summed E-state index contributed by atoms with van der Waals surface area (Å²) in [6.45, 7) is 3.96. The molecule has 210 valence electrons. The summed E-state index contributed by atoms with van der Waals surface area (Å²) in [7, 11) is -1.38. The average Bonchev–Trinajstić information content (AvgIpc) is 2.95. The fourth-order valence-corrected chi connectivity index (χ4v) is 6.01. The van der Waals surface area contributed by atoms with E-state index in [1.54, 1.807) is 18.2 Å². The molecule has 0 spiro atoms. The number of pyridine rings is 1. The molecule has 0 saturated carbocycles. The van der Waals surface area contributed by atoms with Crippen LogP contribution >= 0.6 is 0 Å². The summed E-state index contributed by atoms with van der Waals surface area (Å²) < 4.78 is 39.6. The Morgan fingerprint density at radius 2 is 1.68 bits per heavy atom. The Hall–Kier alpha value is -4.02. The van der Waals surface area contributed by atoms with E-state index >= 15 is 0 Å². The Labute approximate surface area is 234 Å².